The summed E-state index contributed by atoms with van der Waals surface area (Å²) in [6, 6.07) is 6.05. The maximum atomic E-state index is 13.2. The van der Waals surface area contributed by atoms with E-state index >= 15 is 0 Å². The van der Waals surface area contributed by atoms with Crippen molar-refractivity contribution in [2.24, 2.45) is 5.41 Å². The number of piperidine rings is 1. The van der Waals surface area contributed by atoms with Crippen molar-refractivity contribution in [3.63, 3.8) is 0 Å². The molecule has 3 fully saturated rings. The highest BCUT2D eigenvalue weighted by molar-refractivity contribution is 6.04. The van der Waals surface area contributed by atoms with E-state index in [1.165, 1.54) is 12.1 Å². The van der Waals surface area contributed by atoms with Crippen molar-refractivity contribution in [3.05, 3.63) is 65.9 Å². The van der Waals surface area contributed by atoms with Gasteiger partial charge in [0, 0.05) is 42.2 Å². The fourth-order valence-corrected chi connectivity index (χ4v) is 6.75. The van der Waals surface area contributed by atoms with Crippen molar-refractivity contribution in [3.8, 4) is 17.0 Å². The Hall–Kier alpha value is -4.72. The Morgan fingerprint density at radius 1 is 1.18 bits per heavy atom. The molecule has 1 saturated carbocycles. The Kier molecular flexibility index (Phi) is 6.73. The third-order valence-electron chi connectivity index (χ3n) is 9.14. The zero-order valence-electron chi connectivity index (χ0n) is 24.2. The molecule has 5 heterocycles. The number of amides is 2. The predicted molar refractivity (Wildman–Crippen MR) is 156 cm³/mol. The van der Waals surface area contributed by atoms with E-state index in [-0.39, 0.29) is 41.7 Å². The number of hydrogen-bond acceptors (Lipinski definition) is 8. The molecule has 1 aliphatic carbocycles. The number of benzene rings is 1. The van der Waals surface area contributed by atoms with Crippen LogP contribution in [0.2, 0.25) is 0 Å². The number of anilines is 2. The van der Waals surface area contributed by atoms with E-state index in [0.29, 0.717) is 60.6 Å². The number of nitrogens with two attached hydrogens (primary N) is 1. The lowest BCUT2D eigenvalue weighted by molar-refractivity contribution is -0.137. The zero-order chi connectivity index (χ0) is 31.7. The molecule has 3 aliphatic rings. The van der Waals surface area contributed by atoms with Crippen molar-refractivity contribution >= 4 is 29.0 Å². The number of nitrogen functional groups attached to an aromatic ring is 1. The topological polar surface area (TPSA) is 148 Å². The number of nitrogens with zero attached hydrogens (tertiary/aromatic N) is 5. The lowest BCUT2D eigenvalue weighted by Gasteiger charge is -2.35. The highest BCUT2D eigenvalue weighted by Crippen LogP contribution is 2.58. The van der Waals surface area contributed by atoms with Crippen LogP contribution in [0.3, 0.4) is 0 Å². The van der Waals surface area contributed by atoms with Gasteiger partial charge in [0.25, 0.3) is 5.91 Å². The van der Waals surface area contributed by atoms with E-state index in [9.17, 15) is 27.9 Å². The van der Waals surface area contributed by atoms with Gasteiger partial charge in [0.05, 0.1) is 29.7 Å². The third-order valence-corrected chi connectivity index (χ3v) is 9.14. The van der Waals surface area contributed by atoms with Gasteiger partial charge in [-0.05, 0) is 62.9 Å². The van der Waals surface area contributed by atoms with Gasteiger partial charge in [-0.1, -0.05) is 0 Å². The molecule has 1 aromatic carbocycles. The van der Waals surface area contributed by atoms with E-state index < -0.39 is 29.2 Å². The summed E-state index contributed by atoms with van der Waals surface area (Å²) in [7, 11) is 0. The molecule has 7 rings (SSSR count). The SMILES string of the molecule is CCOc1cc(C(=O)Nc2cc(C(F)(F)F)ccn2)ccc1-c1nc([C@@H]2CC[C@H]3[C@@H](O)C4(CC4)C(=O)N3C2)n2ccnc(N)c12. The molecule has 2 amide bonds. The summed E-state index contributed by atoms with van der Waals surface area (Å²) in [5.41, 5.74) is 6.50. The first-order valence-corrected chi connectivity index (χ1v) is 14.7. The molecule has 1 spiro atoms. The maximum Gasteiger partial charge on any atom is 0.416 e. The van der Waals surface area contributed by atoms with Crippen LogP contribution in [-0.4, -0.2) is 66.5 Å². The fraction of sp³-hybridized carbons (Fsp3) is 0.387. The maximum absolute atomic E-state index is 13.2. The summed E-state index contributed by atoms with van der Waals surface area (Å²) in [5, 5.41) is 13.3. The molecule has 45 heavy (non-hydrogen) atoms. The minimum Gasteiger partial charge on any atom is -0.493 e. The Labute approximate surface area is 255 Å². The molecular weight excluding hydrogens is 591 g/mol. The van der Waals surface area contributed by atoms with Crippen molar-refractivity contribution in [2.45, 2.75) is 56.8 Å². The largest absolute Gasteiger partial charge is 0.493 e. The standard InChI is InChI=1S/C31H30F3N7O4/c1-2-45-21-13-16(28(43)38-22-14-18(7-10-36-22)31(32,33)34)3-5-19(21)23-24-26(35)37-11-12-40(24)27(39-23)17-4-6-20-25(42)30(8-9-30)29(44)41(20)15-17/h3,5,7,10-14,17,20,25,42H,2,4,6,8-9,15H2,1H3,(H2,35,37)(H,36,38,43)/t17-,20+,25-/m1/s1. The monoisotopic (exact) mass is 621 g/mol. The first-order chi connectivity index (χ1) is 21.5. The number of ether oxygens (including phenoxy) is 1. The molecule has 2 aliphatic heterocycles. The number of carbonyl (C=O) groups is 2. The second-order valence-electron chi connectivity index (χ2n) is 11.8. The molecule has 4 N–H and O–H groups in total. The molecule has 3 atom stereocenters. The number of nitrogens with one attached hydrogen (secondary N) is 1. The average molecular weight is 622 g/mol. The average Bonchev–Trinajstić information content (AvgIpc) is 3.70. The quantitative estimate of drug-likeness (QED) is 0.289. The number of pyridine rings is 1. The summed E-state index contributed by atoms with van der Waals surface area (Å²) < 4.78 is 47.2. The molecule has 0 bridgehead atoms. The molecule has 234 valence electrons. The Morgan fingerprint density at radius 3 is 2.71 bits per heavy atom. The van der Waals surface area contributed by atoms with Crippen molar-refractivity contribution in [1.82, 2.24) is 24.3 Å². The number of aromatic nitrogens is 4. The van der Waals surface area contributed by atoms with Crippen molar-refractivity contribution < 1.29 is 32.6 Å². The summed E-state index contributed by atoms with van der Waals surface area (Å²) in [4.78, 5) is 41.2. The number of alkyl halides is 3. The fourth-order valence-electron chi connectivity index (χ4n) is 6.75. The van der Waals surface area contributed by atoms with Gasteiger partial charge in [0.1, 0.15) is 34.4 Å². The molecule has 0 unspecified atom stereocenters. The summed E-state index contributed by atoms with van der Waals surface area (Å²) in [6.07, 6.45) is 1.88. The van der Waals surface area contributed by atoms with Gasteiger partial charge >= 0.3 is 6.18 Å². The summed E-state index contributed by atoms with van der Waals surface area (Å²) >= 11 is 0. The van der Waals surface area contributed by atoms with Crippen LogP contribution >= 0.6 is 0 Å². The normalized spacial score (nSPS) is 22.1. The van der Waals surface area contributed by atoms with E-state index in [1.807, 2.05) is 9.30 Å². The smallest absolute Gasteiger partial charge is 0.416 e. The lowest BCUT2D eigenvalue weighted by atomic mass is 9.89. The van der Waals surface area contributed by atoms with Crippen molar-refractivity contribution in [2.75, 3.05) is 24.2 Å². The molecule has 0 radical (unpaired) electrons. The first kappa shape index (κ1) is 29.0. The van der Waals surface area contributed by atoms with E-state index in [1.54, 1.807) is 25.4 Å². The van der Waals surface area contributed by atoms with E-state index in [0.717, 1.165) is 18.3 Å². The van der Waals surface area contributed by atoms with E-state index in [2.05, 4.69) is 15.3 Å². The van der Waals surface area contributed by atoms with Crippen LogP contribution in [0, 0.1) is 5.41 Å². The van der Waals surface area contributed by atoms with Gasteiger partial charge in [0.2, 0.25) is 5.91 Å². The van der Waals surface area contributed by atoms with Crippen LogP contribution in [0.15, 0.2) is 48.9 Å². The number of carbonyl (C=O) groups excluding carboxylic acids is 2. The Bertz CT molecular complexity index is 1840. The van der Waals surface area contributed by atoms with E-state index in [4.69, 9.17) is 15.5 Å². The molecule has 14 heteroatoms. The Balaban J connectivity index is 1.23. The van der Waals surface area contributed by atoms with Gasteiger partial charge in [-0.3, -0.25) is 14.0 Å². The summed E-state index contributed by atoms with van der Waals surface area (Å²) in [5.74, 6) is 0.195. The van der Waals surface area contributed by atoms with Gasteiger partial charge in [0.15, 0.2) is 0 Å². The summed E-state index contributed by atoms with van der Waals surface area (Å²) in [6.45, 7) is 2.46. The highest BCUT2D eigenvalue weighted by atomic mass is 19.4. The number of halogens is 3. The lowest BCUT2D eigenvalue weighted by Crippen LogP contribution is -2.44. The zero-order valence-corrected chi connectivity index (χ0v) is 24.2. The number of aliphatic hydroxyl groups is 1. The second-order valence-corrected chi connectivity index (χ2v) is 11.8. The minimum absolute atomic E-state index is 0.0137. The van der Waals surface area contributed by atoms with Crippen LogP contribution in [0.5, 0.6) is 5.75 Å². The van der Waals surface area contributed by atoms with Gasteiger partial charge in [-0.2, -0.15) is 13.2 Å². The minimum atomic E-state index is -4.58. The van der Waals surface area contributed by atoms with Gasteiger partial charge in [-0.15, -0.1) is 0 Å². The molecular formula is C31H30F3N7O4. The highest BCUT2D eigenvalue weighted by Gasteiger charge is 2.66. The van der Waals surface area contributed by atoms with Crippen LogP contribution < -0.4 is 15.8 Å². The number of hydrogen-bond donors (Lipinski definition) is 3. The number of rotatable bonds is 6. The van der Waals surface area contributed by atoms with Crippen LogP contribution in [-0.2, 0) is 11.0 Å². The Morgan fingerprint density at radius 2 is 1.98 bits per heavy atom. The van der Waals surface area contributed by atoms with Gasteiger partial charge in [-0.25, -0.2) is 15.0 Å². The van der Waals surface area contributed by atoms with Crippen molar-refractivity contribution in [1.29, 1.82) is 0 Å². The van der Waals surface area contributed by atoms with Crippen LogP contribution in [0.1, 0.15) is 60.3 Å². The van der Waals surface area contributed by atoms with Crippen LogP contribution in [0.4, 0.5) is 24.8 Å². The second kappa shape index (κ2) is 10.4. The number of fused-ring (bicyclic) bond motifs is 2. The molecule has 3 aromatic heterocycles. The molecule has 2 saturated heterocycles. The van der Waals surface area contributed by atoms with Crippen LogP contribution in [0.25, 0.3) is 16.8 Å². The third kappa shape index (κ3) is 4.74. The number of imidazole rings is 1. The van der Waals surface area contributed by atoms with Gasteiger partial charge < -0.3 is 25.8 Å². The first-order valence-electron chi connectivity index (χ1n) is 14.7. The number of aliphatic hydroxyl groups excluding tert-OH is 1. The predicted octanol–water partition coefficient (Wildman–Crippen LogP) is 4.27. The molecule has 11 nitrogen and oxygen atoms in total. The molecule has 4 aromatic rings.